The van der Waals surface area contributed by atoms with Crippen molar-refractivity contribution in [2.24, 2.45) is 0 Å². The van der Waals surface area contributed by atoms with E-state index in [1.54, 1.807) is 0 Å². The molecule has 0 saturated carbocycles. The third kappa shape index (κ3) is 7.96. The van der Waals surface area contributed by atoms with Crippen LogP contribution in [0.4, 0.5) is 52.7 Å². The van der Waals surface area contributed by atoms with Crippen LogP contribution < -0.4 is 4.74 Å². The fourth-order valence-corrected chi connectivity index (χ4v) is 3.16. The highest BCUT2D eigenvalue weighted by atomic mass is 19.4. The number of carbonyl (C=O) groups excluding carboxylic acids is 2. The van der Waals surface area contributed by atoms with E-state index in [4.69, 9.17) is 14.9 Å². The van der Waals surface area contributed by atoms with E-state index >= 15 is 0 Å². The Bertz CT molecular complexity index is 1400. The summed E-state index contributed by atoms with van der Waals surface area (Å²) in [5.74, 6) is -9.58. The van der Waals surface area contributed by atoms with E-state index in [0.29, 0.717) is 36.4 Å². The van der Waals surface area contributed by atoms with E-state index in [-0.39, 0.29) is 0 Å². The topological polar surface area (TPSA) is 177 Å². The molecule has 11 nitrogen and oxygen atoms in total. The molecule has 2 aromatic rings. The minimum Gasteiger partial charge on any atom is -0.478 e. The number of ether oxygens (including phenoxy) is 3. The average molecular weight is 706 g/mol. The van der Waals surface area contributed by atoms with Crippen molar-refractivity contribution in [3.05, 3.63) is 58.7 Å². The highest BCUT2D eigenvalue weighted by Crippen LogP contribution is 2.44. The SMILES string of the molecule is O=C(O)c1cc(Oc2ccc(C(=O)OCC(O)(C(F)(F)F)C(F)(F)F)c(C(=O)O)c2)ccc1C(=O)OCC(O)(C(F)(F)F)C(F)(F)F. The molecule has 0 unspecified atom stereocenters. The highest BCUT2D eigenvalue weighted by molar-refractivity contribution is 6.03. The Morgan fingerprint density at radius 1 is 0.511 bits per heavy atom. The van der Waals surface area contributed by atoms with Crippen LogP contribution in [0.25, 0.3) is 0 Å². The molecule has 260 valence electrons. The maximum atomic E-state index is 12.8. The maximum absolute atomic E-state index is 12.8. The Morgan fingerprint density at radius 2 is 0.787 bits per heavy atom. The van der Waals surface area contributed by atoms with Crippen molar-refractivity contribution >= 4 is 23.9 Å². The molecule has 2 rings (SSSR count). The average Bonchev–Trinajstić information content (AvgIpc) is 2.91. The molecular weight excluding hydrogens is 692 g/mol. The summed E-state index contributed by atoms with van der Waals surface area (Å²) in [5, 5.41) is 36.9. The monoisotopic (exact) mass is 706 g/mol. The lowest BCUT2D eigenvalue weighted by molar-refractivity contribution is -0.375. The van der Waals surface area contributed by atoms with E-state index in [9.17, 15) is 82.1 Å². The summed E-state index contributed by atoms with van der Waals surface area (Å²) < 4.78 is 167. The van der Waals surface area contributed by atoms with Crippen molar-refractivity contribution in [3.8, 4) is 11.5 Å². The van der Waals surface area contributed by atoms with Gasteiger partial charge in [0.15, 0.2) is 0 Å². The molecule has 0 saturated heterocycles. The standard InChI is InChI=1S/C24H14F12O11/c25-21(26,27)19(43,22(28,29)30)7-45-17(41)11-3-1-9(5-13(11)15(37)38)47-10-2-4-12(14(6-10)16(39)40)18(42)46-8-20(44,23(31,32)33)24(34,35)36/h1-6,43-44H,7-8H2,(H,37,38)(H,39,40). The van der Waals surface area contributed by atoms with Crippen molar-refractivity contribution in [1.29, 1.82) is 0 Å². The quantitative estimate of drug-likeness (QED) is 0.195. The number of hydrogen-bond acceptors (Lipinski definition) is 9. The molecule has 0 aromatic heterocycles. The number of hydrogen-bond donors (Lipinski definition) is 4. The number of carboxylic acid groups (broad SMARTS) is 2. The van der Waals surface area contributed by atoms with Crippen molar-refractivity contribution in [2.45, 2.75) is 35.9 Å². The van der Waals surface area contributed by atoms with Gasteiger partial charge >= 0.3 is 48.6 Å². The zero-order valence-electron chi connectivity index (χ0n) is 22.1. The third-order valence-electron chi connectivity index (χ3n) is 5.82. The van der Waals surface area contributed by atoms with Crippen molar-refractivity contribution in [1.82, 2.24) is 0 Å². The zero-order chi connectivity index (χ0) is 36.6. The lowest BCUT2D eigenvalue weighted by Gasteiger charge is -2.31. The minimum atomic E-state index is -6.39. The van der Waals surface area contributed by atoms with Gasteiger partial charge in [-0.15, -0.1) is 0 Å². The van der Waals surface area contributed by atoms with Crippen molar-refractivity contribution in [3.63, 3.8) is 0 Å². The van der Waals surface area contributed by atoms with Gasteiger partial charge in [-0.25, -0.2) is 19.2 Å². The number of aromatic carboxylic acids is 2. The number of halogens is 12. The zero-order valence-corrected chi connectivity index (χ0v) is 22.1. The minimum absolute atomic E-state index is 0.427. The first kappa shape index (κ1) is 38.4. The Kier molecular flexibility index (Phi) is 10.4. The van der Waals surface area contributed by atoms with Gasteiger partial charge in [0, 0.05) is 0 Å². The van der Waals surface area contributed by atoms with Crippen LogP contribution in [-0.2, 0) is 9.47 Å². The van der Waals surface area contributed by atoms with Crippen LogP contribution in [0.2, 0.25) is 0 Å². The highest BCUT2D eigenvalue weighted by Gasteiger charge is 2.72. The first-order chi connectivity index (χ1) is 21.1. The van der Waals surface area contributed by atoms with E-state index in [1.165, 1.54) is 0 Å². The molecule has 2 aromatic carbocycles. The number of benzene rings is 2. The molecule has 0 aliphatic rings. The lowest BCUT2D eigenvalue weighted by atomic mass is 10.0. The van der Waals surface area contributed by atoms with Gasteiger partial charge in [0.1, 0.15) is 24.7 Å². The molecular formula is C24H14F12O11. The van der Waals surface area contributed by atoms with Crippen LogP contribution in [-0.4, -0.2) is 93.4 Å². The summed E-state index contributed by atoms with van der Waals surface area (Å²) in [4.78, 5) is 47.5. The number of aliphatic hydroxyl groups is 2. The summed E-state index contributed by atoms with van der Waals surface area (Å²) in [6.07, 6.45) is -25.6. The van der Waals surface area contributed by atoms with Crippen molar-refractivity contribution < 1.29 is 106 Å². The van der Waals surface area contributed by atoms with Crippen LogP contribution in [0.5, 0.6) is 11.5 Å². The van der Waals surface area contributed by atoms with E-state index in [1.807, 2.05) is 0 Å². The van der Waals surface area contributed by atoms with Gasteiger partial charge in [-0.3, -0.25) is 0 Å². The third-order valence-corrected chi connectivity index (χ3v) is 5.82. The van der Waals surface area contributed by atoms with Crippen LogP contribution in [0.3, 0.4) is 0 Å². The fraction of sp³-hybridized carbons (Fsp3) is 0.333. The maximum Gasteiger partial charge on any atom is 0.429 e. The lowest BCUT2D eigenvalue weighted by Crippen LogP contribution is -2.60. The molecule has 0 amide bonds. The molecule has 4 N–H and O–H groups in total. The van der Waals surface area contributed by atoms with E-state index in [0.717, 1.165) is 0 Å². The van der Waals surface area contributed by atoms with Crippen LogP contribution in [0.15, 0.2) is 36.4 Å². The number of alkyl halides is 12. The smallest absolute Gasteiger partial charge is 0.429 e. The van der Waals surface area contributed by atoms with Gasteiger partial charge in [0.2, 0.25) is 0 Å². The first-order valence-electron chi connectivity index (χ1n) is 11.6. The second-order valence-electron chi connectivity index (χ2n) is 8.99. The largest absolute Gasteiger partial charge is 0.478 e. The number of carboxylic acids is 2. The molecule has 0 heterocycles. The fourth-order valence-electron chi connectivity index (χ4n) is 3.16. The molecule has 47 heavy (non-hydrogen) atoms. The van der Waals surface area contributed by atoms with Gasteiger partial charge in [-0.05, 0) is 36.4 Å². The Labute approximate surface area is 250 Å². The summed E-state index contributed by atoms with van der Waals surface area (Å²) in [5.41, 5.74) is -15.8. The second-order valence-corrected chi connectivity index (χ2v) is 8.99. The Balaban J connectivity index is 2.36. The van der Waals surface area contributed by atoms with Crippen LogP contribution in [0.1, 0.15) is 41.4 Å². The van der Waals surface area contributed by atoms with Gasteiger partial charge in [0.05, 0.1) is 22.3 Å². The van der Waals surface area contributed by atoms with Gasteiger partial charge in [0.25, 0.3) is 11.2 Å². The van der Waals surface area contributed by atoms with Crippen LogP contribution >= 0.6 is 0 Å². The summed E-state index contributed by atoms with van der Waals surface area (Å²) in [7, 11) is 0. The Hall–Kier alpha value is -4.80. The molecule has 0 spiro atoms. The molecule has 0 aliphatic carbocycles. The first-order valence-corrected chi connectivity index (χ1v) is 11.6. The normalized spacial score (nSPS) is 13.1. The summed E-state index contributed by atoms with van der Waals surface area (Å²) in [6.45, 7) is -5.48. The molecule has 23 heteroatoms. The van der Waals surface area contributed by atoms with Crippen molar-refractivity contribution in [2.75, 3.05) is 13.2 Å². The second kappa shape index (κ2) is 12.8. The summed E-state index contributed by atoms with van der Waals surface area (Å²) in [6, 6.07) is 3.06. The number of rotatable bonds is 10. The summed E-state index contributed by atoms with van der Waals surface area (Å²) >= 11 is 0. The van der Waals surface area contributed by atoms with E-state index in [2.05, 4.69) is 9.47 Å². The van der Waals surface area contributed by atoms with E-state index < -0.39 is 107 Å². The molecule has 0 atom stereocenters. The predicted octanol–water partition coefficient (Wildman–Crippen LogP) is 4.90. The van der Waals surface area contributed by atoms with Gasteiger partial charge in [-0.2, -0.15) is 52.7 Å². The number of esters is 2. The molecule has 0 bridgehead atoms. The molecule has 0 aliphatic heterocycles. The predicted molar refractivity (Wildman–Crippen MR) is 122 cm³/mol. The molecule has 0 radical (unpaired) electrons. The van der Waals surface area contributed by atoms with Gasteiger partial charge < -0.3 is 34.6 Å². The Morgan fingerprint density at radius 3 is 1.02 bits per heavy atom. The van der Waals surface area contributed by atoms with Crippen LogP contribution in [0, 0.1) is 0 Å². The molecule has 0 fully saturated rings. The van der Waals surface area contributed by atoms with Gasteiger partial charge in [-0.1, -0.05) is 0 Å². The number of carbonyl (C=O) groups is 4.